The molecular weight excluding hydrogens is 382 g/mol. The molecule has 160 valence electrons. The number of nitrogens with zero attached hydrogens (tertiary/aromatic N) is 2. The van der Waals surface area contributed by atoms with E-state index < -0.39 is 0 Å². The molecule has 30 heavy (non-hydrogen) atoms. The number of aromatic nitrogens is 1. The van der Waals surface area contributed by atoms with E-state index in [9.17, 15) is 14.4 Å². The lowest BCUT2D eigenvalue weighted by Crippen LogP contribution is -2.49. The summed E-state index contributed by atoms with van der Waals surface area (Å²) >= 11 is 0. The van der Waals surface area contributed by atoms with Crippen molar-refractivity contribution in [3.63, 3.8) is 0 Å². The Bertz CT molecular complexity index is 950. The summed E-state index contributed by atoms with van der Waals surface area (Å²) in [6.45, 7) is 3.92. The number of likely N-dealkylation sites (tertiary alicyclic amines) is 1. The Morgan fingerprint density at radius 2 is 2.03 bits per heavy atom. The average Bonchev–Trinajstić information content (AvgIpc) is 3.25. The van der Waals surface area contributed by atoms with Gasteiger partial charge in [0.05, 0.1) is 6.26 Å². The van der Waals surface area contributed by atoms with Crippen LogP contribution in [0.5, 0.6) is 0 Å². The number of furan rings is 1. The van der Waals surface area contributed by atoms with Crippen LogP contribution in [0.3, 0.4) is 0 Å². The Morgan fingerprint density at radius 3 is 2.83 bits per heavy atom. The highest BCUT2D eigenvalue weighted by Gasteiger charge is 2.36. The molecule has 1 saturated heterocycles. The van der Waals surface area contributed by atoms with Crippen molar-refractivity contribution in [2.75, 3.05) is 13.1 Å². The molecule has 2 aliphatic heterocycles. The molecule has 7 nitrogen and oxygen atoms in total. The third kappa shape index (κ3) is 4.66. The zero-order chi connectivity index (χ0) is 21.1. The van der Waals surface area contributed by atoms with Gasteiger partial charge < -0.3 is 19.2 Å². The summed E-state index contributed by atoms with van der Waals surface area (Å²) in [5, 5.41) is 2.97. The molecule has 0 saturated carbocycles. The molecular formula is C23H29N3O4. The molecule has 7 heteroatoms. The average molecular weight is 412 g/mol. The fraction of sp³-hybridized carbons (Fsp3) is 0.522. The monoisotopic (exact) mass is 411 g/mol. The molecule has 1 N–H and O–H groups in total. The highest BCUT2D eigenvalue weighted by molar-refractivity contribution is 5.84. The van der Waals surface area contributed by atoms with Gasteiger partial charge in [0.2, 0.25) is 11.8 Å². The topological polar surface area (TPSA) is 84.6 Å². The maximum absolute atomic E-state index is 12.7. The Kier molecular flexibility index (Phi) is 6.06. The minimum atomic E-state index is -0.0932. The van der Waals surface area contributed by atoms with E-state index in [2.05, 4.69) is 5.32 Å². The number of aryl methyl sites for hydroxylation is 1. The van der Waals surface area contributed by atoms with Gasteiger partial charge in [-0.05, 0) is 43.9 Å². The Balaban J connectivity index is 1.24. The van der Waals surface area contributed by atoms with Crippen LogP contribution >= 0.6 is 0 Å². The summed E-state index contributed by atoms with van der Waals surface area (Å²) < 4.78 is 7.17. The first-order valence-electron chi connectivity index (χ1n) is 10.8. The number of pyridine rings is 1. The minimum Gasteiger partial charge on any atom is -0.469 e. The number of amides is 2. The van der Waals surface area contributed by atoms with Gasteiger partial charge in [0, 0.05) is 62.6 Å². The van der Waals surface area contributed by atoms with Gasteiger partial charge in [-0.1, -0.05) is 6.07 Å². The summed E-state index contributed by atoms with van der Waals surface area (Å²) in [6, 6.07) is 9.20. The lowest BCUT2D eigenvalue weighted by atomic mass is 9.83. The second-order valence-electron chi connectivity index (χ2n) is 8.58. The summed E-state index contributed by atoms with van der Waals surface area (Å²) in [6.07, 6.45) is 4.65. The molecule has 2 amide bonds. The molecule has 2 aromatic rings. The molecule has 4 heterocycles. The largest absolute Gasteiger partial charge is 0.469 e. The van der Waals surface area contributed by atoms with E-state index in [4.69, 9.17) is 4.42 Å². The van der Waals surface area contributed by atoms with Gasteiger partial charge in [0.1, 0.15) is 5.76 Å². The molecule has 2 bridgehead atoms. The molecule has 2 aromatic heterocycles. The first-order valence-corrected chi connectivity index (χ1v) is 10.8. The van der Waals surface area contributed by atoms with Gasteiger partial charge in [0.25, 0.3) is 5.56 Å². The standard InChI is InChI=1S/C23H29N3O4/c1-16(7-8-19-4-3-11-30-19)24-21(27)9-10-22(28)25-13-17-12-18(15-25)20-5-2-6-23(29)26(20)14-17/h2-6,11,16-18H,7-10,12-15H2,1H3,(H,24,27). The van der Waals surface area contributed by atoms with Crippen molar-refractivity contribution in [1.82, 2.24) is 14.8 Å². The molecule has 0 radical (unpaired) electrons. The van der Waals surface area contributed by atoms with Crippen LogP contribution in [0.1, 0.15) is 50.0 Å². The second kappa shape index (κ2) is 8.90. The molecule has 1 fully saturated rings. The van der Waals surface area contributed by atoms with E-state index in [1.54, 1.807) is 18.4 Å². The molecule has 2 aliphatic rings. The van der Waals surface area contributed by atoms with Crippen LogP contribution in [0.2, 0.25) is 0 Å². The summed E-state index contributed by atoms with van der Waals surface area (Å²) in [5.41, 5.74) is 1.07. The number of nitrogens with one attached hydrogen (secondary N) is 1. The lowest BCUT2D eigenvalue weighted by Gasteiger charge is -2.42. The van der Waals surface area contributed by atoms with Crippen LogP contribution < -0.4 is 10.9 Å². The molecule has 0 spiro atoms. The second-order valence-corrected chi connectivity index (χ2v) is 8.58. The van der Waals surface area contributed by atoms with Crippen LogP contribution in [0.15, 0.2) is 45.8 Å². The molecule has 3 atom stereocenters. The van der Waals surface area contributed by atoms with Crippen molar-refractivity contribution in [3.8, 4) is 0 Å². The molecule has 3 unspecified atom stereocenters. The molecule has 0 aromatic carbocycles. The highest BCUT2D eigenvalue weighted by Crippen LogP contribution is 2.35. The SMILES string of the molecule is CC(CCc1ccco1)NC(=O)CCC(=O)N1CC2CC(C1)c1cccc(=O)n1C2. The third-order valence-electron chi connectivity index (χ3n) is 6.21. The van der Waals surface area contributed by atoms with Crippen molar-refractivity contribution in [1.29, 1.82) is 0 Å². The maximum atomic E-state index is 12.7. The van der Waals surface area contributed by atoms with Crippen molar-refractivity contribution in [2.45, 2.75) is 57.5 Å². The first kappa shape index (κ1) is 20.4. The van der Waals surface area contributed by atoms with Crippen molar-refractivity contribution in [3.05, 3.63) is 58.4 Å². The van der Waals surface area contributed by atoms with Gasteiger partial charge in [-0.15, -0.1) is 0 Å². The van der Waals surface area contributed by atoms with Gasteiger partial charge >= 0.3 is 0 Å². The fourth-order valence-electron chi connectivity index (χ4n) is 4.71. The van der Waals surface area contributed by atoms with Crippen molar-refractivity contribution >= 4 is 11.8 Å². The van der Waals surface area contributed by atoms with E-state index in [0.29, 0.717) is 25.6 Å². The van der Waals surface area contributed by atoms with Crippen LogP contribution in [-0.4, -0.2) is 40.4 Å². The fourth-order valence-corrected chi connectivity index (χ4v) is 4.71. The number of rotatable bonds is 7. The zero-order valence-corrected chi connectivity index (χ0v) is 17.4. The van der Waals surface area contributed by atoms with Gasteiger partial charge in [-0.25, -0.2) is 0 Å². The Hall–Kier alpha value is -2.83. The Morgan fingerprint density at radius 1 is 1.17 bits per heavy atom. The number of carbonyl (C=O) groups excluding carboxylic acids is 2. The lowest BCUT2D eigenvalue weighted by molar-refractivity contribution is -0.136. The van der Waals surface area contributed by atoms with Crippen LogP contribution in [0.25, 0.3) is 0 Å². The molecule has 0 aliphatic carbocycles. The number of hydrogen-bond acceptors (Lipinski definition) is 4. The normalized spacial score (nSPS) is 21.0. The maximum Gasteiger partial charge on any atom is 0.250 e. The third-order valence-corrected chi connectivity index (χ3v) is 6.21. The predicted molar refractivity (Wildman–Crippen MR) is 112 cm³/mol. The quantitative estimate of drug-likeness (QED) is 0.758. The molecule has 4 rings (SSSR count). The van der Waals surface area contributed by atoms with E-state index in [1.807, 2.05) is 34.6 Å². The number of piperidine rings is 1. The predicted octanol–water partition coefficient (Wildman–Crippen LogP) is 2.30. The zero-order valence-electron chi connectivity index (χ0n) is 17.4. The number of carbonyl (C=O) groups is 2. The van der Waals surface area contributed by atoms with E-state index in [1.165, 1.54) is 0 Å². The Labute approximate surface area is 176 Å². The van der Waals surface area contributed by atoms with Crippen LogP contribution in [0.4, 0.5) is 0 Å². The smallest absolute Gasteiger partial charge is 0.250 e. The van der Waals surface area contributed by atoms with Gasteiger partial charge in [0.15, 0.2) is 0 Å². The number of hydrogen-bond donors (Lipinski definition) is 1. The van der Waals surface area contributed by atoms with E-state index in [0.717, 1.165) is 30.7 Å². The van der Waals surface area contributed by atoms with Gasteiger partial charge in [-0.2, -0.15) is 0 Å². The van der Waals surface area contributed by atoms with Crippen molar-refractivity contribution in [2.24, 2.45) is 5.92 Å². The van der Waals surface area contributed by atoms with E-state index in [-0.39, 0.29) is 42.2 Å². The van der Waals surface area contributed by atoms with Crippen molar-refractivity contribution < 1.29 is 14.0 Å². The van der Waals surface area contributed by atoms with Crippen LogP contribution in [-0.2, 0) is 22.6 Å². The highest BCUT2D eigenvalue weighted by atomic mass is 16.3. The minimum absolute atomic E-state index is 0.0230. The number of fused-ring (bicyclic) bond motifs is 4. The summed E-state index contributed by atoms with van der Waals surface area (Å²) in [7, 11) is 0. The van der Waals surface area contributed by atoms with Gasteiger partial charge in [-0.3, -0.25) is 14.4 Å². The summed E-state index contributed by atoms with van der Waals surface area (Å²) in [4.78, 5) is 39.0. The first-order chi connectivity index (χ1) is 14.5. The van der Waals surface area contributed by atoms with E-state index >= 15 is 0 Å². The van der Waals surface area contributed by atoms with Crippen LogP contribution in [0, 0.1) is 5.92 Å². The summed E-state index contributed by atoms with van der Waals surface area (Å²) in [5.74, 6) is 1.34.